The first-order valence-electron chi connectivity index (χ1n) is 7.78. The summed E-state index contributed by atoms with van der Waals surface area (Å²) in [4.78, 5) is 13.2. The van der Waals surface area contributed by atoms with Crippen LogP contribution in [0.4, 0.5) is 0 Å². The second-order valence-corrected chi connectivity index (χ2v) is 7.62. The monoisotopic (exact) mass is 392 g/mol. The van der Waals surface area contributed by atoms with Crippen molar-refractivity contribution in [3.05, 3.63) is 51.7 Å². The number of nitrogens with one attached hydrogen (secondary N) is 1. The second kappa shape index (κ2) is 8.51. The lowest BCUT2D eigenvalue weighted by Gasteiger charge is -2.08. The van der Waals surface area contributed by atoms with Gasteiger partial charge in [-0.3, -0.25) is 4.79 Å². The topological polar surface area (TPSA) is 59.8 Å². The van der Waals surface area contributed by atoms with Crippen molar-refractivity contribution >= 4 is 40.6 Å². The Morgan fingerprint density at radius 2 is 2.20 bits per heavy atom. The molecule has 0 aliphatic heterocycles. The molecule has 5 nitrogen and oxygen atoms in total. The van der Waals surface area contributed by atoms with Gasteiger partial charge >= 0.3 is 0 Å². The second-order valence-electron chi connectivity index (χ2n) is 5.21. The van der Waals surface area contributed by atoms with E-state index in [-0.39, 0.29) is 5.91 Å². The van der Waals surface area contributed by atoms with E-state index in [1.54, 1.807) is 11.3 Å². The molecule has 0 saturated heterocycles. The van der Waals surface area contributed by atoms with Crippen molar-refractivity contribution in [3.8, 4) is 11.4 Å². The molecule has 0 aliphatic carbocycles. The van der Waals surface area contributed by atoms with Gasteiger partial charge in [0.1, 0.15) is 0 Å². The average molecular weight is 393 g/mol. The van der Waals surface area contributed by atoms with Gasteiger partial charge in [-0.05, 0) is 30.5 Å². The van der Waals surface area contributed by atoms with Crippen molar-refractivity contribution in [2.45, 2.75) is 25.2 Å². The fourth-order valence-electron chi connectivity index (χ4n) is 2.30. The van der Waals surface area contributed by atoms with Crippen molar-refractivity contribution in [1.82, 2.24) is 20.1 Å². The largest absolute Gasteiger partial charge is 0.350 e. The smallest absolute Gasteiger partial charge is 0.230 e. The lowest BCUT2D eigenvalue weighted by Crippen LogP contribution is -2.24. The maximum absolute atomic E-state index is 12.0. The molecule has 0 saturated carbocycles. The van der Waals surface area contributed by atoms with Gasteiger partial charge in [0.05, 0.1) is 12.3 Å². The number of hydrogen-bond donors (Lipinski definition) is 1. The Hall–Kier alpha value is -1.83. The maximum atomic E-state index is 12.0. The predicted octanol–water partition coefficient (Wildman–Crippen LogP) is 4.09. The minimum Gasteiger partial charge on any atom is -0.350 e. The van der Waals surface area contributed by atoms with E-state index in [0.717, 1.165) is 21.4 Å². The number of hydrogen-bond acceptors (Lipinski definition) is 5. The summed E-state index contributed by atoms with van der Waals surface area (Å²) in [5.41, 5.74) is 0.913. The number of carbonyl (C=O) groups excluding carboxylic acids is 1. The third-order valence-corrected chi connectivity index (χ3v) is 5.57. The third kappa shape index (κ3) is 4.62. The van der Waals surface area contributed by atoms with Crippen LogP contribution in [0.15, 0.2) is 46.9 Å². The van der Waals surface area contributed by atoms with Gasteiger partial charge in [0, 0.05) is 22.0 Å². The minimum atomic E-state index is -0.0200. The molecule has 25 heavy (non-hydrogen) atoms. The number of rotatable bonds is 7. The quantitative estimate of drug-likeness (QED) is 0.615. The van der Waals surface area contributed by atoms with E-state index in [4.69, 9.17) is 11.6 Å². The van der Waals surface area contributed by atoms with Crippen molar-refractivity contribution < 1.29 is 4.79 Å². The molecule has 130 valence electrons. The summed E-state index contributed by atoms with van der Waals surface area (Å²) in [5.74, 6) is 1.04. The SMILES string of the molecule is CCn1c(SCC(=O)NCc2cccs2)nnc1-c1cccc(Cl)c1. The fraction of sp³-hybridized carbons (Fsp3) is 0.235. The summed E-state index contributed by atoms with van der Waals surface area (Å²) in [6.07, 6.45) is 0. The highest BCUT2D eigenvalue weighted by atomic mass is 35.5. The van der Waals surface area contributed by atoms with Crippen LogP contribution in [0.2, 0.25) is 5.02 Å². The molecular formula is C17H17ClN4OS2. The Kier molecular flexibility index (Phi) is 6.12. The van der Waals surface area contributed by atoms with Crippen LogP contribution in [-0.2, 0) is 17.9 Å². The van der Waals surface area contributed by atoms with E-state index < -0.39 is 0 Å². The Morgan fingerprint density at radius 3 is 2.92 bits per heavy atom. The first-order valence-corrected chi connectivity index (χ1v) is 10.0. The first-order chi connectivity index (χ1) is 12.2. The molecule has 8 heteroatoms. The van der Waals surface area contributed by atoms with Crippen LogP contribution in [0.1, 0.15) is 11.8 Å². The van der Waals surface area contributed by atoms with Crippen molar-refractivity contribution in [1.29, 1.82) is 0 Å². The van der Waals surface area contributed by atoms with Crippen molar-refractivity contribution in [2.24, 2.45) is 0 Å². The number of benzene rings is 1. The van der Waals surface area contributed by atoms with Gasteiger partial charge in [-0.15, -0.1) is 21.5 Å². The number of halogens is 1. The van der Waals surface area contributed by atoms with Crippen LogP contribution < -0.4 is 5.32 Å². The lowest BCUT2D eigenvalue weighted by molar-refractivity contribution is -0.118. The van der Waals surface area contributed by atoms with Gasteiger partial charge in [-0.1, -0.05) is 41.6 Å². The standard InChI is InChI=1S/C17H17ClN4OS2/c1-2-22-16(12-5-3-6-13(18)9-12)20-21-17(22)25-11-15(23)19-10-14-7-4-8-24-14/h3-9H,2,10-11H2,1H3,(H,19,23). The molecule has 0 bridgehead atoms. The molecule has 2 heterocycles. The van der Waals surface area contributed by atoms with Crippen LogP contribution in [-0.4, -0.2) is 26.4 Å². The molecule has 0 spiro atoms. The highest BCUT2D eigenvalue weighted by molar-refractivity contribution is 7.99. The molecule has 2 aromatic heterocycles. The maximum Gasteiger partial charge on any atom is 0.230 e. The number of thioether (sulfide) groups is 1. The Morgan fingerprint density at radius 1 is 1.32 bits per heavy atom. The first kappa shape index (κ1) is 18.0. The zero-order valence-corrected chi connectivity index (χ0v) is 16.0. The number of thiophene rings is 1. The van der Waals surface area contributed by atoms with E-state index in [1.807, 2.05) is 53.3 Å². The third-order valence-electron chi connectivity index (χ3n) is 3.49. The van der Waals surface area contributed by atoms with Gasteiger partial charge in [-0.25, -0.2) is 0 Å². The Bertz CT molecular complexity index is 848. The highest BCUT2D eigenvalue weighted by Crippen LogP contribution is 2.25. The molecule has 1 amide bonds. The van der Waals surface area contributed by atoms with E-state index in [2.05, 4.69) is 15.5 Å². The number of nitrogens with zero attached hydrogens (tertiary/aromatic N) is 3. The highest BCUT2D eigenvalue weighted by Gasteiger charge is 2.14. The number of carbonyl (C=O) groups is 1. The Labute approximate surface area is 159 Å². The molecule has 3 rings (SSSR count). The zero-order valence-electron chi connectivity index (χ0n) is 13.6. The van der Waals surface area contributed by atoms with Crippen LogP contribution >= 0.6 is 34.7 Å². The van der Waals surface area contributed by atoms with Gasteiger partial charge in [0.15, 0.2) is 11.0 Å². The summed E-state index contributed by atoms with van der Waals surface area (Å²) in [5, 5.41) is 14.8. The van der Waals surface area contributed by atoms with Crippen LogP contribution in [0.25, 0.3) is 11.4 Å². The summed E-state index contributed by atoms with van der Waals surface area (Å²) < 4.78 is 1.99. The fourth-order valence-corrected chi connectivity index (χ4v) is 3.97. The van der Waals surface area contributed by atoms with Crippen LogP contribution in [0.5, 0.6) is 0 Å². The molecule has 0 unspecified atom stereocenters. The zero-order chi connectivity index (χ0) is 17.6. The Balaban J connectivity index is 1.64. The van der Waals surface area contributed by atoms with Crippen LogP contribution in [0.3, 0.4) is 0 Å². The van der Waals surface area contributed by atoms with Gasteiger partial charge in [-0.2, -0.15) is 0 Å². The molecule has 0 atom stereocenters. The van der Waals surface area contributed by atoms with E-state index in [9.17, 15) is 4.79 Å². The molecule has 3 aromatic rings. The normalized spacial score (nSPS) is 10.8. The average Bonchev–Trinajstić information content (AvgIpc) is 3.27. The van der Waals surface area contributed by atoms with Gasteiger partial charge in [0.25, 0.3) is 0 Å². The summed E-state index contributed by atoms with van der Waals surface area (Å²) in [6, 6.07) is 11.5. The minimum absolute atomic E-state index is 0.0200. The lowest BCUT2D eigenvalue weighted by atomic mass is 10.2. The molecule has 0 fully saturated rings. The summed E-state index contributed by atoms with van der Waals surface area (Å²) in [6.45, 7) is 3.30. The van der Waals surface area contributed by atoms with Gasteiger partial charge < -0.3 is 9.88 Å². The van der Waals surface area contributed by atoms with Gasteiger partial charge in [0.2, 0.25) is 5.91 Å². The predicted molar refractivity (Wildman–Crippen MR) is 103 cm³/mol. The van der Waals surface area contributed by atoms with Crippen molar-refractivity contribution in [2.75, 3.05) is 5.75 Å². The number of amides is 1. The van der Waals surface area contributed by atoms with Crippen LogP contribution in [0, 0.1) is 0 Å². The van der Waals surface area contributed by atoms with E-state index in [1.165, 1.54) is 11.8 Å². The summed E-state index contributed by atoms with van der Waals surface area (Å²) >= 11 is 9.08. The van der Waals surface area contributed by atoms with E-state index >= 15 is 0 Å². The molecule has 1 N–H and O–H groups in total. The molecular weight excluding hydrogens is 376 g/mol. The molecule has 0 radical (unpaired) electrons. The van der Waals surface area contributed by atoms with E-state index in [0.29, 0.717) is 23.9 Å². The molecule has 1 aromatic carbocycles. The summed E-state index contributed by atoms with van der Waals surface area (Å²) in [7, 11) is 0. The van der Waals surface area contributed by atoms with Crippen molar-refractivity contribution in [3.63, 3.8) is 0 Å². The molecule has 0 aliphatic rings. The number of aromatic nitrogens is 3.